The first-order valence-corrected chi connectivity index (χ1v) is 8.06. The molecule has 0 bridgehead atoms. The number of carbonyl (C=O) groups is 1. The van der Waals surface area contributed by atoms with Gasteiger partial charge in [0.15, 0.2) is 6.29 Å². The topological polar surface area (TPSA) is 116 Å². The van der Waals surface area contributed by atoms with E-state index in [2.05, 4.69) is 0 Å². The fourth-order valence-corrected chi connectivity index (χ4v) is 2.56. The van der Waals surface area contributed by atoms with Crippen LogP contribution in [0.5, 0.6) is 0 Å². The molecule has 24 heavy (non-hydrogen) atoms. The minimum Gasteiger partial charge on any atom is -0.463 e. The smallest absolute Gasteiger partial charge is 0.305 e. The third-order valence-electron chi connectivity index (χ3n) is 4.03. The van der Waals surface area contributed by atoms with Gasteiger partial charge in [-0.15, -0.1) is 0 Å². The Kier molecular flexibility index (Phi) is 7.14. The lowest BCUT2D eigenvalue weighted by molar-refractivity contribution is -0.287. The average molecular weight is 340 g/mol. The number of esters is 1. The summed E-state index contributed by atoms with van der Waals surface area (Å²) in [5, 5.41) is 38.1. The largest absolute Gasteiger partial charge is 0.463 e. The highest BCUT2D eigenvalue weighted by molar-refractivity contribution is 5.69. The number of aryl methyl sites for hydroxylation is 1. The SMILES string of the molecule is O=C(CCCCc1ccccc1)OC[C@H]1O[C@@H](O)[C@H](O)[C@@H](O)[C@@H]1O. The molecule has 0 amide bonds. The van der Waals surface area contributed by atoms with Crippen molar-refractivity contribution >= 4 is 5.97 Å². The third kappa shape index (κ3) is 5.25. The van der Waals surface area contributed by atoms with Gasteiger partial charge in [-0.05, 0) is 24.8 Å². The molecule has 2 rings (SSSR count). The zero-order chi connectivity index (χ0) is 17.5. The second-order valence-corrected chi connectivity index (χ2v) is 5.91. The number of benzene rings is 1. The first kappa shape index (κ1) is 18.8. The van der Waals surface area contributed by atoms with Gasteiger partial charge in [-0.1, -0.05) is 30.3 Å². The lowest BCUT2D eigenvalue weighted by atomic mass is 9.99. The van der Waals surface area contributed by atoms with Crippen LogP contribution in [0.4, 0.5) is 0 Å². The van der Waals surface area contributed by atoms with Gasteiger partial charge in [0, 0.05) is 6.42 Å². The van der Waals surface area contributed by atoms with E-state index in [4.69, 9.17) is 9.47 Å². The molecular weight excluding hydrogens is 316 g/mol. The van der Waals surface area contributed by atoms with Gasteiger partial charge < -0.3 is 29.9 Å². The number of rotatable bonds is 7. The quantitative estimate of drug-likeness (QED) is 0.399. The Morgan fingerprint density at radius 2 is 1.71 bits per heavy atom. The molecule has 0 unspecified atom stereocenters. The molecule has 1 heterocycles. The zero-order valence-electron chi connectivity index (χ0n) is 13.3. The summed E-state index contributed by atoms with van der Waals surface area (Å²) in [5.41, 5.74) is 1.21. The van der Waals surface area contributed by atoms with Gasteiger partial charge in [0.1, 0.15) is 31.0 Å². The van der Waals surface area contributed by atoms with E-state index in [9.17, 15) is 25.2 Å². The molecule has 0 radical (unpaired) electrons. The Morgan fingerprint density at radius 1 is 1.00 bits per heavy atom. The lowest BCUT2D eigenvalue weighted by Crippen LogP contribution is -2.58. The number of aliphatic hydroxyl groups excluding tert-OH is 4. The molecule has 7 heteroatoms. The maximum atomic E-state index is 11.7. The van der Waals surface area contributed by atoms with Crippen LogP contribution in [0.25, 0.3) is 0 Å². The van der Waals surface area contributed by atoms with E-state index in [1.165, 1.54) is 5.56 Å². The molecule has 0 aliphatic carbocycles. The fraction of sp³-hybridized carbons (Fsp3) is 0.588. The molecule has 7 nitrogen and oxygen atoms in total. The van der Waals surface area contributed by atoms with Crippen molar-refractivity contribution in [1.82, 2.24) is 0 Å². The Balaban J connectivity index is 1.64. The van der Waals surface area contributed by atoms with Crippen molar-refractivity contribution in [3.8, 4) is 0 Å². The number of hydrogen-bond donors (Lipinski definition) is 4. The third-order valence-corrected chi connectivity index (χ3v) is 4.03. The number of hydrogen-bond acceptors (Lipinski definition) is 7. The summed E-state index contributed by atoms with van der Waals surface area (Å²) in [4.78, 5) is 11.7. The van der Waals surface area contributed by atoms with Crippen LogP contribution in [0.3, 0.4) is 0 Å². The second kappa shape index (κ2) is 9.10. The fourth-order valence-electron chi connectivity index (χ4n) is 2.56. The minimum atomic E-state index is -1.63. The highest BCUT2D eigenvalue weighted by Crippen LogP contribution is 2.20. The molecule has 1 fully saturated rings. The van der Waals surface area contributed by atoms with E-state index in [-0.39, 0.29) is 13.0 Å². The summed E-state index contributed by atoms with van der Waals surface area (Å²) in [6.45, 7) is -0.292. The molecule has 1 aromatic rings. The Labute approximate surface area is 140 Å². The molecule has 0 spiro atoms. The Bertz CT molecular complexity index is 507. The van der Waals surface area contributed by atoms with Crippen LogP contribution in [-0.2, 0) is 20.7 Å². The summed E-state index contributed by atoms with van der Waals surface area (Å²) >= 11 is 0. The van der Waals surface area contributed by atoms with E-state index >= 15 is 0 Å². The predicted octanol–water partition coefficient (Wildman–Crippen LogP) is -0.258. The molecule has 1 aromatic carbocycles. The predicted molar refractivity (Wildman–Crippen MR) is 83.9 cm³/mol. The number of unbranched alkanes of at least 4 members (excludes halogenated alkanes) is 1. The molecule has 1 saturated heterocycles. The van der Waals surface area contributed by atoms with Crippen LogP contribution in [0, 0.1) is 0 Å². The number of aliphatic hydroxyl groups is 4. The Hall–Kier alpha value is -1.51. The van der Waals surface area contributed by atoms with Gasteiger partial charge in [0.2, 0.25) is 0 Å². The van der Waals surface area contributed by atoms with Crippen LogP contribution in [-0.4, -0.2) is 63.7 Å². The summed E-state index contributed by atoms with van der Waals surface area (Å²) in [5.74, 6) is -0.436. The van der Waals surface area contributed by atoms with Crippen molar-refractivity contribution in [2.45, 2.75) is 56.4 Å². The van der Waals surface area contributed by atoms with Gasteiger partial charge in [-0.3, -0.25) is 4.79 Å². The molecule has 5 atom stereocenters. The summed E-state index contributed by atoms with van der Waals surface area (Å²) < 4.78 is 9.94. The number of carbonyl (C=O) groups excluding carboxylic acids is 1. The Morgan fingerprint density at radius 3 is 2.42 bits per heavy atom. The van der Waals surface area contributed by atoms with Crippen molar-refractivity contribution < 1.29 is 34.7 Å². The number of ether oxygens (including phenoxy) is 2. The molecule has 134 valence electrons. The first-order chi connectivity index (χ1) is 11.5. The molecule has 1 aliphatic heterocycles. The van der Waals surface area contributed by atoms with E-state index < -0.39 is 36.7 Å². The van der Waals surface area contributed by atoms with Crippen molar-refractivity contribution in [1.29, 1.82) is 0 Å². The van der Waals surface area contributed by atoms with Crippen molar-refractivity contribution in [2.24, 2.45) is 0 Å². The summed E-state index contributed by atoms with van der Waals surface area (Å²) in [6.07, 6.45) is -4.64. The van der Waals surface area contributed by atoms with Crippen molar-refractivity contribution in [3.63, 3.8) is 0 Å². The van der Waals surface area contributed by atoms with Gasteiger partial charge in [-0.25, -0.2) is 0 Å². The van der Waals surface area contributed by atoms with Crippen LogP contribution >= 0.6 is 0 Å². The van der Waals surface area contributed by atoms with Gasteiger partial charge >= 0.3 is 5.97 Å². The average Bonchev–Trinajstić information content (AvgIpc) is 2.59. The maximum Gasteiger partial charge on any atom is 0.305 e. The highest BCUT2D eigenvalue weighted by atomic mass is 16.6. The van der Waals surface area contributed by atoms with Gasteiger partial charge in [0.05, 0.1) is 0 Å². The second-order valence-electron chi connectivity index (χ2n) is 5.91. The van der Waals surface area contributed by atoms with E-state index in [1.54, 1.807) is 0 Å². The first-order valence-electron chi connectivity index (χ1n) is 8.06. The zero-order valence-corrected chi connectivity index (χ0v) is 13.3. The standard InChI is InChI=1S/C17H24O7/c18-13(9-5-4-8-11-6-2-1-3-7-11)23-10-12-14(19)15(20)16(21)17(22)24-12/h1-3,6-7,12,14-17,19-22H,4-5,8-10H2/t12-,14-,15+,16-,17-/m1/s1. The molecule has 4 N–H and O–H groups in total. The normalized spacial score (nSPS) is 30.1. The molecule has 1 aliphatic rings. The monoisotopic (exact) mass is 340 g/mol. The van der Waals surface area contributed by atoms with E-state index in [0.717, 1.165) is 12.8 Å². The molecular formula is C17H24O7. The minimum absolute atomic E-state index is 0.239. The lowest BCUT2D eigenvalue weighted by Gasteiger charge is -2.37. The molecule has 0 saturated carbocycles. The van der Waals surface area contributed by atoms with Crippen LogP contribution in [0.1, 0.15) is 24.8 Å². The van der Waals surface area contributed by atoms with Crippen molar-refractivity contribution in [3.05, 3.63) is 35.9 Å². The summed E-state index contributed by atoms with van der Waals surface area (Å²) in [7, 11) is 0. The van der Waals surface area contributed by atoms with Crippen molar-refractivity contribution in [2.75, 3.05) is 6.61 Å². The van der Waals surface area contributed by atoms with Gasteiger partial charge in [0.25, 0.3) is 0 Å². The van der Waals surface area contributed by atoms with E-state index in [1.807, 2.05) is 30.3 Å². The van der Waals surface area contributed by atoms with E-state index in [0.29, 0.717) is 6.42 Å². The van der Waals surface area contributed by atoms with Gasteiger partial charge in [-0.2, -0.15) is 0 Å². The molecule has 0 aromatic heterocycles. The highest BCUT2D eigenvalue weighted by Gasteiger charge is 2.43. The summed E-state index contributed by atoms with van der Waals surface area (Å²) in [6, 6.07) is 9.96. The maximum absolute atomic E-state index is 11.7. The van der Waals surface area contributed by atoms with Crippen LogP contribution in [0.15, 0.2) is 30.3 Å². The van der Waals surface area contributed by atoms with Crippen LogP contribution in [0.2, 0.25) is 0 Å². The van der Waals surface area contributed by atoms with Crippen LogP contribution < -0.4 is 0 Å².